The molecule has 1 aliphatic heterocycles. The number of nitrogens with zero attached hydrogens (tertiary/aromatic N) is 4. The Balaban J connectivity index is 1.15. The van der Waals surface area contributed by atoms with Gasteiger partial charge in [0.2, 0.25) is 5.91 Å². The molecule has 2 aromatic heterocycles. The lowest BCUT2D eigenvalue weighted by atomic mass is 9.95. The predicted octanol–water partition coefficient (Wildman–Crippen LogP) is 4.56. The minimum Gasteiger partial charge on any atom is -0.355 e. The van der Waals surface area contributed by atoms with Crippen molar-refractivity contribution in [3.05, 3.63) is 77.8 Å². The number of hydrogen-bond acceptors (Lipinski definition) is 8. The minimum absolute atomic E-state index is 0.0721. The van der Waals surface area contributed by atoms with E-state index in [0.717, 1.165) is 22.6 Å². The van der Waals surface area contributed by atoms with Gasteiger partial charge in [-0.25, -0.2) is 13.4 Å². The van der Waals surface area contributed by atoms with E-state index in [4.69, 9.17) is 0 Å². The Morgan fingerprint density at radius 2 is 1.76 bits per heavy atom. The number of aryl methyl sites for hydroxylation is 1. The molecule has 0 radical (unpaired) electrons. The van der Waals surface area contributed by atoms with Crippen LogP contribution in [0.5, 0.6) is 0 Å². The van der Waals surface area contributed by atoms with Gasteiger partial charge in [-0.3, -0.25) is 9.52 Å². The number of anilines is 3. The first-order valence-corrected chi connectivity index (χ1v) is 14.2. The lowest BCUT2D eigenvalue weighted by molar-refractivity contribution is -0.120. The van der Waals surface area contributed by atoms with Gasteiger partial charge in [-0.2, -0.15) is 0 Å². The maximum Gasteiger partial charge on any atom is 0.263 e. The van der Waals surface area contributed by atoms with E-state index in [1.807, 2.05) is 30.3 Å². The van der Waals surface area contributed by atoms with E-state index in [2.05, 4.69) is 43.1 Å². The van der Waals surface area contributed by atoms with Crippen LogP contribution in [0.3, 0.4) is 0 Å². The summed E-state index contributed by atoms with van der Waals surface area (Å²) in [5.74, 6) is 0.599. The standard InChI is InChI=1S/C26H26N6O3S2/c1-18-4-2-3-5-22(18)23-10-11-24(30-29-23)32-15-12-19(13-16-32)25(33)28-20-6-8-21(9-7-20)37(34,35)31-26-27-14-17-36-26/h2-11,14,17,19H,12-13,15-16H2,1H3,(H,27,31)(H,28,33). The zero-order valence-corrected chi connectivity index (χ0v) is 21.8. The van der Waals surface area contributed by atoms with E-state index in [9.17, 15) is 13.2 Å². The van der Waals surface area contributed by atoms with Gasteiger partial charge in [0.25, 0.3) is 10.0 Å². The fourth-order valence-electron chi connectivity index (χ4n) is 4.28. The Kier molecular flexibility index (Phi) is 7.15. The first-order valence-electron chi connectivity index (χ1n) is 11.9. The van der Waals surface area contributed by atoms with Crippen molar-refractivity contribution in [2.24, 2.45) is 5.92 Å². The number of nitrogens with one attached hydrogen (secondary N) is 2. The number of sulfonamides is 1. The van der Waals surface area contributed by atoms with Gasteiger partial charge in [-0.05, 0) is 61.7 Å². The normalized spacial score (nSPS) is 14.4. The molecule has 0 unspecified atom stereocenters. The lowest BCUT2D eigenvalue weighted by Gasteiger charge is -2.31. The molecule has 0 atom stereocenters. The summed E-state index contributed by atoms with van der Waals surface area (Å²) in [4.78, 5) is 19.0. The van der Waals surface area contributed by atoms with E-state index >= 15 is 0 Å². The van der Waals surface area contributed by atoms with Gasteiger partial charge >= 0.3 is 0 Å². The second-order valence-electron chi connectivity index (χ2n) is 8.81. The highest BCUT2D eigenvalue weighted by molar-refractivity contribution is 7.93. The molecular weight excluding hydrogens is 508 g/mol. The summed E-state index contributed by atoms with van der Waals surface area (Å²) in [6, 6.07) is 18.2. The van der Waals surface area contributed by atoms with Crippen LogP contribution < -0.4 is 14.9 Å². The Hall–Kier alpha value is -3.83. The molecular formula is C26H26N6O3S2. The molecule has 190 valence electrons. The highest BCUT2D eigenvalue weighted by Crippen LogP contribution is 2.26. The summed E-state index contributed by atoms with van der Waals surface area (Å²) in [5.41, 5.74) is 3.62. The van der Waals surface area contributed by atoms with Crippen molar-refractivity contribution in [3.63, 3.8) is 0 Å². The van der Waals surface area contributed by atoms with Crippen LogP contribution in [-0.2, 0) is 14.8 Å². The number of amides is 1. The fraction of sp³-hybridized carbons (Fsp3) is 0.231. The van der Waals surface area contributed by atoms with Crippen LogP contribution in [0.1, 0.15) is 18.4 Å². The second kappa shape index (κ2) is 10.7. The van der Waals surface area contributed by atoms with Crippen LogP contribution in [-0.4, -0.2) is 42.6 Å². The van der Waals surface area contributed by atoms with Crippen LogP contribution in [0.2, 0.25) is 0 Å². The molecule has 0 bridgehead atoms. The van der Waals surface area contributed by atoms with E-state index in [1.165, 1.54) is 29.7 Å². The molecule has 4 aromatic rings. The largest absolute Gasteiger partial charge is 0.355 e. The smallest absolute Gasteiger partial charge is 0.263 e. The van der Waals surface area contributed by atoms with Gasteiger partial charge in [-0.15, -0.1) is 21.5 Å². The van der Waals surface area contributed by atoms with Crippen LogP contribution in [0.4, 0.5) is 16.6 Å². The molecule has 11 heteroatoms. The molecule has 9 nitrogen and oxygen atoms in total. The quantitative estimate of drug-likeness (QED) is 0.357. The molecule has 0 saturated carbocycles. The third-order valence-electron chi connectivity index (χ3n) is 6.35. The number of carbonyl (C=O) groups excluding carboxylic acids is 1. The monoisotopic (exact) mass is 534 g/mol. The van der Waals surface area contributed by atoms with Gasteiger partial charge in [0.15, 0.2) is 10.9 Å². The molecule has 2 N–H and O–H groups in total. The molecule has 3 heterocycles. The second-order valence-corrected chi connectivity index (χ2v) is 11.4. The maximum absolute atomic E-state index is 12.8. The van der Waals surface area contributed by atoms with Crippen molar-refractivity contribution in [2.45, 2.75) is 24.7 Å². The number of rotatable bonds is 7. The lowest BCUT2D eigenvalue weighted by Crippen LogP contribution is -2.38. The zero-order valence-electron chi connectivity index (χ0n) is 20.2. The summed E-state index contributed by atoms with van der Waals surface area (Å²) in [6.45, 7) is 3.46. The van der Waals surface area contributed by atoms with Crippen molar-refractivity contribution < 1.29 is 13.2 Å². The fourth-order valence-corrected chi connectivity index (χ4v) is 6.07. The van der Waals surface area contributed by atoms with Gasteiger partial charge in [-0.1, -0.05) is 24.3 Å². The number of piperidine rings is 1. The van der Waals surface area contributed by atoms with E-state index in [0.29, 0.717) is 36.8 Å². The maximum atomic E-state index is 12.8. The zero-order chi connectivity index (χ0) is 25.8. The summed E-state index contributed by atoms with van der Waals surface area (Å²) in [5, 5.41) is 13.7. The van der Waals surface area contributed by atoms with Crippen molar-refractivity contribution in [1.82, 2.24) is 15.2 Å². The molecule has 5 rings (SSSR count). The topological polar surface area (TPSA) is 117 Å². The average Bonchev–Trinajstić information content (AvgIpc) is 3.42. The van der Waals surface area contributed by atoms with Crippen LogP contribution in [0.15, 0.2) is 77.1 Å². The van der Waals surface area contributed by atoms with Crippen molar-refractivity contribution in [1.29, 1.82) is 0 Å². The molecule has 1 saturated heterocycles. The summed E-state index contributed by atoms with van der Waals surface area (Å²) in [7, 11) is -3.73. The Bertz CT molecular complexity index is 1470. The van der Waals surface area contributed by atoms with Crippen molar-refractivity contribution in [2.75, 3.05) is 28.0 Å². The van der Waals surface area contributed by atoms with Crippen molar-refractivity contribution >= 4 is 43.9 Å². The van der Waals surface area contributed by atoms with E-state index in [1.54, 1.807) is 17.5 Å². The molecule has 1 amide bonds. The Labute approximate surface area is 219 Å². The molecule has 0 spiro atoms. The number of benzene rings is 2. The van der Waals surface area contributed by atoms with Crippen LogP contribution in [0, 0.1) is 12.8 Å². The molecule has 0 aliphatic carbocycles. The molecule has 1 fully saturated rings. The van der Waals surface area contributed by atoms with Crippen LogP contribution >= 0.6 is 11.3 Å². The van der Waals surface area contributed by atoms with Gasteiger partial charge in [0.1, 0.15) is 0 Å². The summed E-state index contributed by atoms with van der Waals surface area (Å²) < 4.78 is 27.4. The molecule has 1 aliphatic rings. The minimum atomic E-state index is -3.73. The predicted molar refractivity (Wildman–Crippen MR) is 145 cm³/mol. The summed E-state index contributed by atoms with van der Waals surface area (Å²) >= 11 is 1.20. The van der Waals surface area contributed by atoms with Crippen molar-refractivity contribution in [3.8, 4) is 11.3 Å². The first kappa shape index (κ1) is 24.8. The molecule has 37 heavy (non-hydrogen) atoms. The van der Waals surface area contributed by atoms with Gasteiger partial charge in [0.05, 0.1) is 10.6 Å². The highest BCUT2D eigenvalue weighted by Gasteiger charge is 2.26. The number of aromatic nitrogens is 3. The highest BCUT2D eigenvalue weighted by atomic mass is 32.2. The SMILES string of the molecule is Cc1ccccc1-c1ccc(N2CCC(C(=O)Nc3ccc(S(=O)(=O)Nc4nccs4)cc3)CC2)nn1. The number of thiazole rings is 1. The van der Waals surface area contributed by atoms with Gasteiger partial charge < -0.3 is 10.2 Å². The summed E-state index contributed by atoms with van der Waals surface area (Å²) in [6.07, 6.45) is 2.91. The third kappa shape index (κ3) is 5.78. The van der Waals surface area contributed by atoms with Gasteiger partial charge in [0, 0.05) is 41.8 Å². The van der Waals surface area contributed by atoms with Crippen LogP contribution in [0.25, 0.3) is 11.3 Å². The number of carbonyl (C=O) groups is 1. The van der Waals surface area contributed by atoms with E-state index in [-0.39, 0.29) is 16.7 Å². The number of hydrogen-bond donors (Lipinski definition) is 2. The Morgan fingerprint density at radius 3 is 2.41 bits per heavy atom. The third-order valence-corrected chi connectivity index (χ3v) is 8.52. The van der Waals surface area contributed by atoms with E-state index < -0.39 is 10.0 Å². The Morgan fingerprint density at radius 1 is 1.00 bits per heavy atom. The molecule has 2 aromatic carbocycles. The average molecular weight is 535 g/mol. The first-order chi connectivity index (χ1) is 17.9.